The molecule has 1 N–H and O–H groups in total. The Hall–Kier alpha value is -2.67. The van der Waals surface area contributed by atoms with Crippen molar-refractivity contribution in [2.45, 2.75) is 0 Å². The molecular formula is C16H14FN3O2S. The number of aromatic nitrogens is 2. The zero-order valence-corrected chi connectivity index (χ0v) is 12.9. The van der Waals surface area contributed by atoms with Gasteiger partial charge in [0.25, 0.3) is 5.91 Å². The first kappa shape index (κ1) is 15.2. The molecule has 3 aromatic rings. The smallest absolute Gasteiger partial charge is 0.270 e. The maximum absolute atomic E-state index is 12.8. The van der Waals surface area contributed by atoms with Crippen LogP contribution in [0, 0.1) is 5.82 Å². The molecule has 23 heavy (non-hydrogen) atoms. The van der Waals surface area contributed by atoms with Crippen LogP contribution in [0.3, 0.4) is 0 Å². The first-order valence-corrected chi connectivity index (χ1v) is 7.86. The molecular weight excluding hydrogens is 317 g/mol. The second-order valence-corrected chi connectivity index (χ2v) is 5.50. The Morgan fingerprint density at radius 1 is 1.26 bits per heavy atom. The molecule has 1 amide bonds. The normalized spacial score (nSPS) is 10.5. The molecule has 0 saturated carbocycles. The number of benzene rings is 1. The lowest BCUT2D eigenvalue weighted by Gasteiger charge is -2.06. The Balaban J connectivity index is 1.47. The maximum atomic E-state index is 12.8. The minimum absolute atomic E-state index is 0.248. The Morgan fingerprint density at radius 2 is 2.00 bits per heavy atom. The predicted octanol–water partition coefficient (Wildman–Crippen LogP) is 2.88. The fourth-order valence-corrected chi connectivity index (χ4v) is 2.68. The number of hydrogen-bond acceptors (Lipinski definition) is 4. The van der Waals surface area contributed by atoms with Gasteiger partial charge in [0, 0.05) is 17.8 Å². The summed E-state index contributed by atoms with van der Waals surface area (Å²) >= 11 is 1.40. The highest BCUT2D eigenvalue weighted by Gasteiger charge is 2.10. The van der Waals surface area contributed by atoms with Gasteiger partial charge < -0.3 is 14.6 Å². The lowest BCUT2D eigenvalue weighted by Crippen LogP contribution is -2.28. The molecule has 3 rings (SSSR count). The van der Waals surface area contributed by atoms with Gasteiger partial charge in [-0.15, -0.1) is 11.3 Å². The van der Waals surface area contributed by atoms with Crippen LogP contribution in [0.25, 0.3) is 5.13 Å². The van der Waals surface area contributed by atoms with Gasteiger partial charge in [-0.25, -0.2) is 9.37 Å². The van der Waals surface area contributed by atoms with Gasteiger partial charge in [-0.3, -0.25) is 4.79 Å². The molecule has 5 nitrogen and oxygen atoms in total. The number of thiazole rings is 1. The van der Waals surface area contributed by atoms with E-state index >= 15 is 0 Å². The molecule has 0 aliphatic carbocycles. The third-order valence-corrected chi connectivity index (χ3v) is 3.87. The summed E-state index contributed by atoms with van der Waals surface area (Å²) in [7, 11) is 0. The Morgan fingerprint density at radius 3 is 2.74 bits per heavy atom. The van der Waals surface area contributed by atoms with Crippen molar-refractivity contribution in [3.05, 3.63) is 65.7 Å². The van der Waals surface area contributed by atoms with Crippen molar-refractivity contribution in [3.63, 3.8) is 0 Å². The number of ether oxygens (including phenoxy) is 1. The van der Waals surface area contributed by atoms with Crippen molar-refractivity contribution in [2.75, 3.05) is 13.2 Å². The van der Waals surface area contributed by atoms with Gasteiger partial charge in [0.15, 0.2) is 5.13 Å². The lowest BCUT2D eigenvalue weighted by molar-refractivity contribution is 0.0942. The molecule has 0 atom stereocenters. The minimum Gasteiger partial charge on any atom is -0.492 e. The van der Waals surface area contributed by atoms with Crippen molar-refractivity contribution >= 4 is 17.2 Å². The highest BCUT2D eigenvalue weighted by atomic mass is 32.1. The predicted molar refractivity (Wildman–Crippen MR) is 85.7 cm³/mol. The van der Waals surface area contributed by atoms with E-state index < -0.39 is 0 Å². The Kier molecular flexibility index (Phi) is 4.68. The SMILES string of the molecule is O=C(NCCOc1ccc(F)cc1)c1csc(-n2cccc2)n1. The van der Waals surface area contributed by atoms with Gasteiger partial charge in [-0.1, -0.05) is 0 Å². The number of nitrogens with one attached hydrogen (secondary N) is 1. The van der Waals surface area contributed by atoms with Gasteiger partial charge in [0.2, 0.25) is 0 Å². The number of hydrogen-bond donors (Lipinski definition) is 1. The van der Waals surface area contributed by atoms with E-state index in [2.05, 4.69) is 10.3 Å². The quantitative estimate of drug-likeness (QED) is 0.707. The number of rotatable bonds is 6. The van der Waals surface area contributed by atoms with E-state index in [-0.39, 0.29) is 11.7 Å². The molecule has 0 aliphatic heterocycles. The van der Waals surface area contributed by atoms with E-state index in [1.807, 2.05) is 29.1 Å². The zero-order valence-electron chi connectivity index (χ0n) is 12.1. The topological polar surface area (TPSA) is 56.1 Å². The molecule has 0 aliphatic rings. The highest BCUT2D eigenvalue weighted by molar-refractivity contribution is 7.12. The van der Waals surface area contributed by atoms with Crippen molar-refractivity contribution in [1.29, 1.82) is 0 Å². The van der Waals surface area contributed by atoms with E-state index in [1.54, 1.807) is 17.5 Å². The van der Waals surface area contributed by atoms with Crippen LogP contribution in [0.15, 0.2) is 54.2 Å². The summed E-state index contributed by atoms with van der Waals surface area (Å²) in [5, 5.41) is 5.19. The molecule has 0 radical (unpaired) electrons. The Labute approximate surface area is 136 Å². The second-order valence-electron chi connectivity index (χ2n) is 4.66. The van der Waals surface area contributed by atoms with Crippen molar-refractivity contribution in [2.24, 2.45) is 0 Å². The molecule has 2 heterocycles. The average Bonchev–Trinajstić information content (AvgIpc) is 3.23. The van der Waals surface area contributed by atoms with E-state index in [9.17, 15) is 9.18 Å². The van der Waals surface area contributed by atoms with Gasteiger partial charge in [-0.05, 0) is 36.4 Å². The van der Waals surface area contributed by atoms with E-state index in [0.717, 1.165) is 5.13 Å². The second kappa shape index (κ2) is 7.06. The molecule has 0 fully saturated rings. The molecule has 0 spiro atoms. The van der Waals surface area contributed by atoms with Gasteiger partial charge >= 0.3 is 0 Å². The molecule has 0 saturated heterocycles. The first-order valence-electron chi connectivity index (χ1n) is 6.98. The van der Waals surface area contributed by atoms with Crippen LogP contribution in [0.2, 0.25) is 0 Å². The average molecular weight is 331 g/mol. The third kappa shape index (κ3) is 3.95. The summed E-state index contributed by atoms with van der Waals surface area (Å²) in [6, 6.07) is 9.53. The number of carbonyl (C=O) groups is 1. The summed E-state index contributed by atoms with van der Waals surface area (Å²) in [4.78, 5) is 16.3. The third-order valence-electron chi connectivity index (χ3n) is 3.02. The van der Waals surface area contributed by atoms with Crippen molar-refractivity contribution in [1.82, 2.24) is 14.9 Å². The molecule has 0 bridgehead atoms. The van der Waals surface area contributed by atoms with Crippen LogP contribution >= 0.6 is 11.3 Å². The molecule has 1 aromatic carbocycles. The first-order chi connectivity index (χ1) is 11.2. The van der Waals surface area contributed by atoms with Crippen molar-refractivity contribution < 1.29 is 13.9 Å². The number of nitrogens with zero attached hydrogens (tertiary/aromatic N) is 2. The van der Waals surface area contributed by atoms with Gasteiger partial charge in [0.05, 0.1) is 6.54 Å². The number of amides is 1. The standard InChI is InChI=1S/C16H14FN3O2S/c17-12-3-5-13(6-4-12)22-10-7-18-15(21)14-11-23-16(19-14)20-8-1-2-9-20/h1-6,8-9,11H,7,10H2,(H,18,21). The van der Waals surface area contributed by atoms with Crippen LogP contribution in [0.1, 0.15) is 10.5 Å². The van der Waals surface area contributed by atoms with E-state index in [1.165, 1.54) is 23.5 Å². The molecule has 118 valence electrons. The largest absolute Gasteiger partial charge is 0.492 e. The lowest BCUT2D eigenvalue weighted by atomic mass is 10.3. The molecule has 2 aromatic heterocycles. The molecule has 7 heteroatoms. The highest BCUT2D eigenvalue weighted by Crippen LogP contribution is 2.15. The fraction of sp³-hybridized carbons (Fsp3) is 0.125. The summed E-state index contributed by atoms with van der Waals surface area (Å²) in [6.07, 6.45) is 3.74. The van der Waals surface area contributed by atoms with Crippen LogP contribution in [-0.4, -0.2) is 28.6 Å². The number of carbonyl (C=O) groups excluding carboxylic acids is 1. The van der Waals surface area contributed by atoms with Crippen LogP contribution in [0.5, 0.6) is 5.75 Å². The fourth-order valence-electron chi connectivity index (χ4n) is 1.90. The zero-order chi connectivity index (χ0) is 16.1. The van der Waals surface area contributed by atoms with Crippen LogP contribution < -0.4 is 10.1 Å². The van der Waals surface area contributed by atoms with Gasteiger partial charge in [0.1, 0.15) is 23.9 Å². The van der Waals surface area contributed by atoms with E-state index in [0.29, 0.717) is 24.6 Å². The minimum atomic E-state index is -0.312. The number of halogens is 1. The van der Waals surface area contributed by atoms with Gasteiger partial charge in [-0.2, -0.15) is 0 Å². The Bertz CT molecular complexity index is 769. The summed E-state index contributed by atoms with van der Waals surface area (Å²) in [5.74, 6) is -0.000699. The van der Waals surface area contributed by atoms with E-state index in [4.69, 9.17) is 4.74 Å². The maximum Gasteiger partial charge on any atom is 0.270 e. The van der Waals surface area contributed by atoms with Crippen LogP contribution in [-0.2, 0) is 0 Å². The van der Waals surface area contributed by atoms with Crippen molar-refractivity contribution in [3.8, 4) is 10.9 Å². The van der Waals surface area contributed by atoms with Crippen LogP contribution in [0.4, 0.5) is 4.39 Å². The summed E-state index contributed by atoms with van der Waals surface area (Å²) < 4.78 is 20.0. The molecule has 0 unspecified atom stereocenters. The summed E-state index contributed by atoms with van der Waals surface area (Å²) in [6.45, 7) is 0.637. The summed E-state index contributed by atoms with van der Waals surface area (Å²) in [5.41, 5.74) is 0.375. The monoisotopic (exact) mass is 331 g/mol.